The third-order valence-corrected chi connectivity index (χ3v) is 5.87. The van der Waals surface area contributed by atoms with E-state index in [1.165, 1.54) is 17.4 Å². The van der Waals surface area contributed by atoms with E-state index in [1.807, 2.05) is 0 Å². The molecule has 1 atom stereocenters. The van der Waals surface area contributed by atoms with Crippen LogP contribution in [0.1, 0.15) is 20.8 Å². The molecule has 2 aromatic rings. The molecule has 0 aliphatic carbocycles. The molecule has 2 rings (SSSR count). The zero-order valence-electron chi connectivity index (χ0n) is 9.14. The SMILES string of the molecule is FC(F)(F)c1ccc(Br)c(C(Br)c2sccc2Cl)c1. The maximum absolute atomic E-state index is 12.7. The summed E-state index contributed by atoms with van der Waals surface area (Å²) in [7, 11) is 0. The lowest BCUT2D eigenvalue weighted by Crippen LogP contribution is -2.06. The third-order valence-electron chi connectivity index (χ3n) is 2.47. The van der Waals surface area contributed by atoms with Crippen molar-refractivity contribution in [1.29, 1.82) is 0 Å². The maximum Gasteiger partial charge on any atom is 0.416 e. The fourth-order valence-electron chi connectivity index (χ4n) is 1.54. The second kappa shape index (κ2) is 5.76. The number of benzene rings is 1. The highest BCUT2D eigenvalue weighted by atomic mass is 79.9. The van der Waals surface area contributed by atoms with Gasteiger partial charge in [0.15, 0.2) is 0 Å². The molecule has 1 unspecified atom stereocenters. The Labute approximate surface area is 133 Å². The summed E-state index contributed by atoms with van der Waals surface area (Å²) in [4.78, 5) is 0.401. The number of hydrogen-bond acceptors (Lipinski definition) is 1. The molecular formula is C12H6Br2ClF3S. The number of hydrogen-bond donors (Lipinski definition) is 0. The summed E-state index contributed by atoms with van der Waals surface area (Å²) in [5.41, 5.74) is -0.179. The van der Waals surface area contributed by atoms with E-state index < -0.39 is 11.7 Å². The first-order valence-corrected chi connectivity index (χ1v) is 8.01. The number of thiophene rings is 1. The Morgan fingerprint density at radius 1 is 1.21 bits per heavy atom. The highest BCUT2D eigenvalue weighted by Gasteiger charge is 2.32. The van der Waals surface area contributed by atoms with Crippen molar-refractivity contribution in [1.82, 2.24) is 0 Å². The highest BCUT2D eigenvalue weighted by molar-refractivity contribution is 9.11. The topological polar surface area (TPSA) is 0 Å². The van der Waals surface area contributed by atoms with E-state index in [4.69, 9.17) is 11.6 Å². The van der Waals surface area contributed by atoms with Gasteiger partial charge in [0.25, 0.3) is 0 Å². The van der Waals surface area contributed by atoms with Gasteiger partial charge in [-0.1, -0.05) is 43.5 Å². The molecule has 0 aliphatic heterocycles. The van der Waals surface area contributed by atoms with E-state index in [0.717, 1.165) is 17.0 Å². The van der Waals surface area contributed by atoms with Gasteiger partial charge in [-0.25, -0.2) is 0 Å². The summed E-state index contributed by atoms with van der Waals surface area (Å²) < 4.78 is 38.8. The molecule has 19 heavy (non-hydrogen) atoms. The Morgan fingerprint density at radius 2 is 1.89 bits per heavy atom. The minimum absolute atomic E-state index is 0.378. The molecular weight excluding hydrogens is 428 g/mol. The first-order chi connectivity index (χ1) is 8.80. The average Bonchev–Trinajstić information content (AvgIpc) is 2.73. The summed E-state index contributed by atoms with van der Waals surface area (Å²) in [6.07, 6.45) is -4.36. The second-order valence-corrected chi connectivity index (χ2v) is 6.85. The minimum atomic E-state index is -4.36. The first-order valence-electron chi connectivity index (χ1n) is 5.04. The van der Waals surface area contributed by atoms with Crippen LogP contribution in [0.15, 0.2) is 34.1 Å². The van der Waals surface area contributed by atoms with Crippen molar-refractivity contribution in [2.75, 3.05) is 0 Å². The zero-order valence-corrected chi connectivity index (χ0v) is 13.9. The number of alkyl halides is 4. The van der Waals surface area contributed by atoms with Gasteiger partial charge in [0.1, 0.15) is 0 Å². The van der Waals surface area contributed by atoms with Gasteiger partial charge in [0.2, 0.25) is 0 Å². The highest BCUT2D eigenvalue weighted by Crippen LogP contribution is 2.43. The fraction of sp³-hybridized carbons (Fsp3) is 0.167. The van der Waals surface area contributed by atoms with Crippen molar-refractivity contribution < 1.29 is 13.2 Å². The predicted octanol–water partition coefficient (Wildman–Crippen LogP) is 6.67. The van der Waals surface area contributed by atoms with Gasteiger partial charge >= 0.3 is 6.18 Å². The molecule has 0 radical (unpaired) electrons. The van der Waals surface area contributed by atoms with Crippen LogP contribution in [0.2, 0.25) is 5.02 Å². The van der Waals surface area contributed by atoms with Crippen molar-refractivity contribution in [3.05, 3.63) is 55.1 Å². The van der Waals surface area contributed by atoms with E-state index in [2.05, 4.69) is 31.9 Å². The van der Waals surface area contributed by atoms with E-state index in [-0.39, 0.29) is 4.83 Å². The van der Waals surface area contributed by atoms with Crippen molar-refractivity contribution in [2.45, 2.75) is 11.0 Å². The zero-order chi connectivity index (χ0) is 14.2. The van der Waals surface area contributed by atoms with Gasteiger partial charge in [-0.3, -0.25) is 0 Å². The van der Waals surface area contributed by atoms with Crippen molar-refractivity contribution in [3.8, 4) is 0 Å². The quantitative estimate of drug-likeness (QED) is 0.463. The summed E-state index contributed by atoms with van der Waals surface area (Å²) in [6, 6.07) is 5.29. The second-order valence-electron chi connectivity index (χ2n) is 3.73. The lowest BCUT2D eigenvalue weighted by atomic mass is 10.1. The normalized spacial score (nSPS) is 13.6. The Balaban J connectivity index is 2.47. The average molecular weight is 435 g/mol. The van der Waals surface area contributed by atoms with Gasteiger partial charge in [-0.2, -0.15) is 13.2 Å². The Bertz CT molecular complexity index is 595. The molecule has 0 spiro atoms. The van der Waals surface area contributed by atoms with Crippen LogP contribution in [0.25, 0.3) is 0 Å². The lowest BCUT2D eigenvalue weighted by molar-refractivity contribution is -0.137. The van der Waals surface area contributed by atoms with Crippen molar-refractivity contribution in [2.24, 2.45) is 0 Å². The van der Waals surface area contributed by atoms with Gasteiger partial charge in [-0.05, 0) is 35.2 Å². The monoisotopic (exact) mass is 432 g/mol. The van der Waals surface area contributed by atoms with Crippen molar-refractivity contribution in [3.63, 3.8) is 0 Å². The third kappa shape index (κ3) is 3.35. The Hall–Kier alpha value is -0.0400. The van der Waals surface area contributed by atoms with Crippen molar-refractivity contribution >= 4 is 54.8 Å². The van der Waals surface area contributed by atoms with E-state index >= 15 is 0 Å². The van der Waals surface area contributed by atoms with Crippen LogP contribution >= 0.6 is 54.8 Å². The largest absolute Gasteiger partial charge is 0.416 e. The maximum atomic E-state index is 12.7. The summed E-state index contributed by atoms with van der Waals surface area (Å²) >= 11 is 14.1. The van der Waals surface area contributed by atoms with Crippen LogP contribution in [-0.2, 0) is 6.18 Å². The van der Waals surface area contributed by atoms with E-state index in [1.54, 1.807) is 11.4 Å². The molecule has 0 amide bonds. The molecule has 0 saturated carbocycles. The molecule has 0 N–H and O–H groups in total. The smallest absolute Gasteiger partial charge is 0.166 e. The lowest BCUT2D eigenvalue weighted by Gasteiger charge is -2.14. The molecule has 102 valence electrons. The van der Waals surface area contributed by atoms with Crippen LogP contribution in [0, 0.1) is 0 Å². The van der Waals surface area contributed by atoms with Crippen LogP contribution in [0.4, 0.5) is 13.2 Å². The molecule has 7 heteroatoms. The molecule has 0 bridgehead atoms. The molecule has 0 nitrogen and oxygen atoms in total. The number of rotatable bonds is 2. The Morgan fingerprint density at radius 3 is 2.42 bits per heavy atom. The van der Waals surface area contributed by atoms with Gasteiger partial charge in [-0.15, -0.1) is 11.3 Å². The molecule has 0 fully saturated rings. The molecule has 0 aliphatic rings. The van der Waals surface area contributed by atoms with Crippen LogP contribution in [0.5, 0.6) is 0 Å². The van der Waals surface area contributed by atoms with E-state index in [0.29, 0.717) is 15.1 Å². The molecule has 1 heterocycles. The summed E-state index contributed by atoms with van der Waals surface area (Å²) in [6.45, 7) is 0. The van der Waals surface area contributed by atoms with E-state index in [9.17, 15) is 13.2 Å². The molecule has 1 aromatic carbocycles. The van der Waals surface area contributed by atoms with Gasteiger partial charge < -0.3 is 0 Å². The standard InChI is InChI=1S/C12H6Br2ClF3S/c13-8-2-1-6(12(16,17)18)5-7(8)10(14)11-9(15)3-4-19-11/h1-5,10H. The van der Waals surface area contributed by atoms with Gasteiger partial charge in [0, 0.05) is 9.35 Å². The fourth-order valence-corrected chi connectivity index (χ4v) is 4.56. The molecule has 0 saturated heterocycles. The summed E-state index contributed by atoms with van der Waals surface area (Å²) in [5, 5.41) is 2.34. The van der Waals surface area contributed by atoms with Gasteiger partial charge in [0.05, 0.1) is 15.4 Å². The molecule has 1 aromatic heterocycles. The minimum Gasteiger partial charge on any atom is -0.166 e. The Kier molecular flexibility index (Phi) is 4.65. The van der Waals surface area contributed by atoms with Crippen LogP contribution < -0.4 is 0 Å². The first kappa shape index (κ1) is 15.4. The summed E-state index contributed by atoms with van der Waals surface area (Å²) in [5.74, 6) is 0. The number of halogens is 6. The van der Waals surface area contributed by atoms with Crippen LogP contribution in [-0.4, -0.2) is 0 Å². The predicted molar refractivity (Wildman–Crippen MR) is 79.2 cm³/mol. The van der Waals surface area contributed by atoms with Crippen LogP contribution in [0.3, 0.4) is 0 Å².